The maximum Gasteiger partial charge on any atom is 0.302 e. The molecule has 1 aromatic rings. The number of carbonyl (C=O) groups excluding carboxylic acids is 2. The van der Waals surface area contributed by atoms with E-state index < -0.39 is 30.4 Å². The summed E-state index contributed by atoms with van der Waals surface area (Å²) in [4.78, 5) is 26.7. The fourth-order valence-corrected chi connectivity index (χ4v) is 3.20. The van der Waals surface area contributed by atoms with E-state index in [1.54, 1.807) is 11.3 Å². The van der Waals surface area contributed by atoms with Crippen LogP contribution in [0.4, 0.5) is 0 Å². The Balaban J connectivity index is 1.72. The first kappa shape index (κ1) is 15.9. The number of esters is 2. The van der Waals surface area contributed by atoms with Crippen LogP contribution in [0.3, 0.4) is 0 Å². The maximum atomic E-state index is 11.3. The summed E-state index contributed by atoms with van der Waals surface area (Å²) in [5, 5.41) is 3.88. The van der Waals surface area contributed by atoms with Crippen LogP contribution in [0, 0.1) is 0 Å². The molecule has 3 rings (SSSR count). The Morgan fingerprint density at radius 3 is 2.87 bits per heavy atom. The standard InChI is InChI=1S/C15H17NO6S/c1-8(17)19-6-13-11(20-9(2)18)5-12-15(22-13)16-14(21-12)10-3-4-23-7-10/h3-4,7,11-13,15H,5-6H2,1-2H3/t11-,12+,13+,15-/m0/s1. The van der Waals surface area contributed by atoms with Crippen molar-refractivity contribution in [3.63, 3.8) is 0 Å². The molecular weight excluding hydrogens is 322 g/mol. The van der Waals surface area contributed by atoms with Crippen molar-refractivity contribution in [2.75, 3.05) is 6.61 Å². The zero-order valence-corrected chi connectivity index (χ0v) is 13.6. The molecule has 0 amide bonds. The van der Waals surface area contributed by atoms with Gasteiger partial charge in [-0.25, -0.2) is 4.99 Å². The van der Waals surface area contributed by atoms with Crippen molar-refractivity contribution in [2.24, 2.45) is 4.99 Å². The summed E-state index contributed by atoms with van der Waals surface area (Å²) < 4.78 is 22.0. The van der Waals surface area contributed by atoms with Crippen LogP contribution in [0.5, 0.6) is 0 Å². The van der Waals surface area contributed by atoms with Gasteiger partial charge in [0.2, 0.25) is 5.90 Å². The van der Waals surface area contributed by atoms with Crippen molar-refractivity contribution in [3.05, 3.63) is 22.4 Å². The molecule has 23 heavy (non-hydrogen) atoms. The van der Waals surface area contributed by atoms with E-state index in [4.69, 9.17) is 18.9 Å². The van der Waals surface area contributed by atoms with Gasteiger partial charge in [-0.05, 0) is 11.4 Å². The lowest BCUT2D eigenvalue weighted by atomic mass is 10.0. The van der Waals surface area contributed by atoms with E-state index in [1.807, 2.05) is 16.8 Å². The summed E-state index contributed by atoms with van der Waals surface area (Å²) in [5.74, 6) is -0.305. The Hall–Kier alpha value is -1.93. The quantitative estimate of drug-likeness (QED) is 0.773. The smallest absolute Gasteiger partial charge is 0.302 e. The molecule has 1 aromatic heterocycles. The van der Waals surface area contributed by atoms with E-state index >= 15 is 0 Å². The van der Waals surface area contributed by atoms with Crippen LogP contribution in [0.2, 0.25) is 0 Å². The Bertz CT molecular complexity index is 613. The van der Waals surface area contributed by atoms with Gasteiger partial charge in [0.1, 0.15) is 18.8 Å². The van der Waals surface area contributed by atoms with Gasteiger partial charge in [-0.1, -0.05) is 0 Å². The molecule has 0 aliphatic carbocycles. The molecule has 0 aromatic carbocycles. The van der Waals surface area contributed by atoms with Gasteiger partial charge in [-0.3, -0.25) is 9.59 Å². The number of aliphatic imine (C=N–C) groups is 1. The van der Waals surface area contributed by atoms with Gasteiger partial charge in [0.15, 0.2) is 12.3 Å². The zero-order chi connectivity index (χ0) is 16.4. The molecule has 2 aliphatic rings. The third-order valence-electron chi connectivity index (χ3n) is 3.56. The number of hydrogen-bond donors (Lipinski definition) is 0. The van der Waals surface area contributed by atoms with Gasteiger partial charge in [0.25, 0.3) is 0 Å². The molecule has 0 bridgehead atoms. The number of rotatable bonds is 4. The summed E-state index contributed by atoms with van der Waals surface area (Å²) in [7, 11) is 0. The van der Waals surface area contributed by atoms with Crippen LogP contribution in [0.25, 0.3) is 0 Å². The lowest BCUT2D eigenvalue weighted by Crippen LogP contribution is -2.49. The van der Waals surface area contributed by atoms with E-state index in [0.717, 1.165) is 5.56 Å². The average molecular weight is 339 g/mol. The predicted molar refractivity (Wildman–Crippen MR) is 81.2 cm³/mol. The molecule has 0 radical (unpaired) electrons. The molecule has 8 heteroatoms. The Labute approximate surface area is 137 Å². The second-order valence-electron chi connectivity index (χ2n) is 5.35. The van der Waals surface area contributed by atoms with E-state index in [9.17, 15) is 9.59 Å². The highest BCUT2D eigenvalue weighted by molar-refractivity contribution is 7.08. The first-order chi connectivity index (χ1) is 11.0. The monoisotopic (exact) mass is 339 g/mol. The molecule has 1 saturated heterocycles. The normalized spacial score (nSPS) is 29.2. The zero-order valence-electron chi connectivity index (χ0n) is 12.8. The first-order valence-corrected chi connectivity index (χ1v) is 8.20. The van der Waals surface area contributed by atoms with Crippen molar-refractivity contribution in [3.8, 4) is 0 Å². The molecule has 124 valence electrons. The van der Waals surface area contributed by atoms with Crippen LogP contribution in [0.15, 0.2) is 21.8 Å². The minimum atomic E-state index is -0.557. The van der Waals surface area contributed by atoms with Crippen molar-refractivity contribution in [1.82, 2.24) is 0 Å². The minimum Gasteiger partial charge on any atom is -0.469 e. The largest absolute Gasteiger partial charge is 0.469 e. The number of ether oxygens (including phenoxy) is 4. The predicted octanol–water partition coefficient (Wildman–Crippen LogP) is 1.50. The number of fused-ring (bicyclic) bond motifs is 1. The van der Waals surface area contributed by atoms with Crippen LogP contribution in [-0.2, 0) is 28.5 Å². The van der Waals surface area contributed by atoms with Crippen LogP contribution in [0.1, 0.15) is 25.8 Å². The Kier molecular flexibility index (Phi) is 4.63. The lowest BCUT2D eigenvalue weighted by molar-refractivity contribution is -0.193. The fourth-order valence-electron chi connectivity index (χ4n) is 2.57. The number of nitrogens with zero attached hydrogens (tertiary/aromatic N) is 1. The van der Waals surface area contributed by atoms with Crippen molar-refractivity contribution < 1.29 is 28.5 Å². The third kappa shape index (κ3) is 3.70. The molecule has 0 spiro atoms. The van der Waals surface area contributed by atoms with Gasteiger partial charge < -0.3 is 18.9 Å². The number of hydrogen-bond acceptors (Lipinski definition) is 8. The molecule has 0 saturated carbocycles. The van der Waals surface area contributed by atoms with Gasteiger partial charge in [0.05, 0.1) is 0 Å². The van der Waals surface area contributed by atoms with Crippen molar-refractivity contribution in [2.45, 2.75) is 44.8 Å². The molecule has 3 heterocycles. The highest BCUT2D eigenvalue weighted by Gasteiger charge is 2.45. The molecule has 1 fully saturated rings. The highest BCUT2D eigenvalue weighted by Crippen LogP contribution is 2.31. The van der Waals surface area contributed by atoms with Crippen molar-refractivity contribution in [1.29, 1.82) is 0 Å². The molecule has 0 unspecified atom stereocenters. The molecule has 0 N–H and O–H groups in total. The summed E-state index contributed by atoms with van der Waals surface area (Å²) in [6.45, 7) is 2.66. The maximum absolute atomic E-state index is 11.3. The summed E-state index contributed by atoms with van der Waals surface area (Å²) in [5.41, 5.74) is 0.897. The van der Waals surface area contributed by atoms with E-state index in [0.29, 0.717) is 12.3 Å². The van der Waals surface area contributed by atoms with E-state index in [-0.39, 0.29) is 12.7 Å². The third-order valence-corrected chi connectivity index (χ3v) is 4.24. The van der Waals surface area contributed by atoms with Crippen LogP contribution >= 0.6 is 11.3 Å². The van der Waals surface area contributed by atoms with Gasteiger partial charge >= 0.3 is 11.9 Å². The van der Waals surface area contributed by atoms with Gasteiger partial charge in [-0.15, -0.1) is 0 Å². The van der Waals surface area contributed by atoms with Gasteiger partial charge in [0, 0.05) is 31.2 Å². The van der Waals surface area contributed by atoms with Crippen LogP contribution < -0.4 is 0 Å². The second-order valence-corrected chi connectivity index (χ2v) is 6.13. The summed E-state index contributed by atoms with van der Waals surface area (Å²) in [6.07, 6.45) is -1.46. The lowest BCUT2D eigenvalue weighted by Gasteiger charge is -2.35. The number of thiophene rings is 1. The Morgan fingerprint density at radius 1 is 1.39 bits per heavy atom. The minimum absolute atomic E-state index is 0.0137. The summed E-state index contributed by atoms with van der Waals surface area (Å²) >= 11 is 1.55. The molecule has 2 aliphatic heterocycles. The average Bonchev–Trinajstić information content (AvgIpc) is 3.12. The fraction of sp³-hybridized carbons (Fsp3) is 0.533. The molecular formula is C15H17NO6S. The Morgan fingerprint density at radius 2 is 2.22 bits per heavy atom. The summed E-state index contributed by atoms with van der Waals surface area (Å²) in [6, 6.07) is 1.92. The van der Waals surface area contributed by atoms with Crippen LogP contribution in [-0.4, -0.2) is 49.0 Å². The first-order valence-electron chi connectivity index (χ1n) is 7.26. The topological polar surface area (TPSA) is 83.4 Å². The van der Waals surface area contributed by atoms with E-state index in [2.05, 4.69) is 4.99 Å². The van der Waals surface area contributed by atoms with Crippen molar-refractivity contribution >= 4 is 29.2 Å². The molecule has 7 nitrogen and oxygen atoms in total. The highest BCUT2D eigenvalue weighted by atomic mass is 32.1. The molecule has 4 atom stereocenters. The van der Waals surface area contributed by atoms with E-state index in [1.165, 1.54) is 13.8 Å². The number of carbonyl (C=O) groups is 2. The SMILES string of the molecule is CC(=O)OC[C@H]1O[C@@H]2N=C(c3ccsc3)O[C@@H]2C[C@@H]1OC(C)=O. The second kappa shape index (κ2) is 6.67. The van der Waals surface area contributed by atoms with Gasteiger partial charge in [-0.2, -0.15) is 11.3 Å².